The fourth-order valence-corrected chi connectivity index (χ4v) is 0. The van der Waals surface area contributed by atoms with Crippen molar-refractivity contribution in [3.05, 3.63) is 0 Å². The summed E-state index contributed by atoms with van der Waals surface area (Å²) in [5.74, 6) is 0. The normalized spacial score (nSPS) is 11.6. The lowest BCUT2D eigenvalue weighted by Gasteiger charge is -1.79. The SMILES string of the molecule is CS(O)(=S)=S. The van der Waals surface area contributed by atoms with E-state index in [2.05, 4.69) is 22.4 Å². The highest BCUT2D eigenvalue weighted by Crippen LogP contribution is 1.66. The molecule has 0 aromatic rings. The van der Waals surface area contributed by atoms with Crippen molar-refractivity contribution in [2.75, 3.05) is 6.26 Å². The van der Waals surface area contributed by atoms with Gasteiger partial charge >= 0.3 is 0 Å². The van der Waals surface area contributed by atoms with Crippen LogP contribution in [0.3, 0.4) is 0 Å². The topological polar surface area (TPSA) is 20.2 Å². The van der Waals surface area contributed by atoms with Crippen molar-refractivity contribution in [2.45, 2.75) is 0 Å². The molecule has 5 heavy (non-hydrogen) atoms. The van der Waals surface area contributed by atoms with E-state index in [9.17, 15) is 0 Å². The Labute approximate surface area is 41.0 Å². The third kappa shape index (κ3) is 63.9. The van der Waals surface area contributed by atoms with Crippen LogP contribution in [0.25, 0.3) is 0 Å². The lowest BCUT2D eigenvalue weighted by atomic mass is 12.0. The van der Waals surface area contributed by atoms with E-state index in [1.54, 1.807) is 0 Å². The number of rotatable bonds is 0. The van der Waals surface area contributed by atoms with E-state index in [1.807, 2.05) is 0 Å². The molecule has 0 atom stereocenters. The van der Waals surface area contributed by atoms with Crippen molar-refractivity contribution < 1.29 is 4.55 Å². The summed E-state index contributed by atoms with van der Waals surface area (Å²) in [5, 5.41) is 0. The summed E-state index contributed by atoms with van der Waals surface area (Å²) in [6, 6.07) is 0. The monoisotopic (exact) mass is 128 g/mol. The molecular formula is CH4OS3. The van der Waals surface area contributed by atoms with Gasteiger partial charge in [0, 0.05) is 13.7 Å². The Hall–Kier alpha value is 0.750. The van der Waals surface area contributed by atoms with Gasteiger partial charge in [-0.25, -0.2) is 0 Å². The largest absolute Gasteiger partial charge is 0.325 e. The molecule has 0 aliphatic carbocycles. The first kappa shape index (κ1) is 5.75. The zero-order chi connectivity index (χ0) is 4.50. The summed E-state index contributed by atoms with van der Waals surface area (Å²) in [7, 11) is -2.00. The summed E-state index contributed by atoms with van der Waals surface area (Å²) in [4.78, 5) is 0. The van der Waals surface area contributed by atoms with Gasteiger partial charge in [-0.05, 0) is 22.4 Å². The Morgan fingerprint density at radius 1 is 1.60 bits per heavy atom. The van der Waals surface area contributed by atoms with Crippen LogP contribution in [-0.4, -0.2) is 10.8 Å². The highest BCUT2D eigenvalue weighted by Gasteiger charge is 1.69. The summed E-state index contributed by atoms with van der Waals surface area (Å²) >= 11 is 8.56. The Balaban J connectivity index is 4.06. The van der Waals surface area contributed by atoms with Crippen molar-refractivity contribution in [2.24, 2.45) is 0 Å². The van der Waals surface area contributed by atoms with Gasteiger partial charge in [0.2, 0.25) is 0 Å². The van der Waals surface area contributed by atoms with E-state index in [-0.39, 0.29) is 0 Å². The summed E-state index contributed by atoms with van der Waals surface area (Å²) in [6.45, 7) is 0. The van der Waals surface area contributed by atoms with Gasteiger partial charge in [-0.15, -0.1) is 0 Å². The van der Waals surface area contributed by atoms with E-state index in [0.29, 0.717) is 0 Å². The maximum Gasteiger partial charge on any atom is 0.0132 e. The fourth-order valence-electron chi connectivity index (χ4n) is 0. The molecule has 0 radical (unpaired) electrons. The van der Waals surface area contributed by atoms with Crippen LogP contribution in [0.2, 0.25) is 0 Å². The molecule has 32 valence electrons. The molecule has 0 spiro atoms. The van der Waals surface area contributed by atoms with Crippen LogP contribution in [0.5, 0.6) is 0 Å². The van der Waals surface area contributed by atoms with Crippen LogP contribution in [0.1, 0.15) is 0 Å². The maximum absolute atomic E-state index is 8.23. The average Bonchev–Trinajstić information content (AvgIpc) is 0.722. The average molecular weight is 128 g/mol. The molecular weight excluding hydrogens is 124 g/mol. The highest BCUT2D eigenvalue weighted by molar-refractivity contribution is 8.53. The number of hydrogen-bond acceptors (Lipinski definition) is 2. The molecule has 1 N–H and O–H groups in total. The van der Waals surface area contributed by atoms with Gasteiger partial charge in [-0.3, -0.25) is 0 Å². The lowest BCUT2D eigenvalue weighted by molar-refractivity contribution is 0.660. The fraction of sp³-hybridized carbons (Fsp3) is 1.00. The van der Waals surface area contributed by atoms with E-state index >= 15 is 0 Å². The molecule has 1 nitrogen and oxygen atoms in total. The van der Waals surface area contributed by atoms with Crippen LogP contribution in [0, 0.1) is 0 Å². The molecule has 0 fully saturated rings. The minimum absolute atomic E-state index is 1.46. The molecule has 0 aliphatic heterocycles. The van der Waals surface area contributed by atoms with Gasteiger partial charge in [-0.2, -0.15) is 0 Å². The van der Waals surface area contributed by atoms with Crippen molar-refractivity contribution in [3.63, 3.8) is 0 Å². The predicted octanol–water partition coefficient (Wildman–Crippen LogP) is 0.167. The van der Waals surface area contributed by atoms with E-state index in [0.717, 1.165) is 0 Å². The van der Waals surface area contributed by atoms with Crippen LogP contribution in [-0.2, 0) is 29.8 Å². The van der Waals surface area contributed by atoms with E-state index in [4.69, 9.17) is 4.55 Å². The summed E-state index contributed by atoms with van der Waals surface area (Å²) in [5.41, 5.74) is 0. The van der Waals surface area contributed by atoms with Crippen LogP contribution < -0.4 is 0 Å². The smallest absolute Gasteiger partial charge is 0.0132 e. The van der Waals surface area contributed by atoms with Gasteiger partial charge in [0.1, 0.15) is 0 Å². The van der Waals surface area contributed by atoms with Gasteiger partial charge in [0.05, 0.1) is 0 Å². The second-order valence-electron chi connectivity index (χ2n) is 0.733. The maximum atomic E-state index is 8.23. The Kier molecular flexibility index (Phi) is 1.69. The molecule has 0 rings (SSSR count). The highest BCUT2D eigenvalue weighted by atomic mass is 33.1. The van der Waals surface area contributed by atoms with E-state index in [1.165, 1.54) is 6.26 Å². The molecule has 0 amide bonds. The molecule has 0 aliphatic rings. The lowest BCUT2D eigenvalue weighted by Crippen LogP contribution is -1.82. The zero-order valence-electron chi connectivity index (χ0n) is 2.67. The summed E-state index contributed by atoms with van der Waals surface area (Å²) < 4.78 is 8.23. The van der Waals surface area contributed by atoms with Gasteiger partial charge in [-0.1, -0.05) is 0 Å². The Bertz CT molecular complexity index is 90.1. The van der Waals surface area contributed by atoms with E-state index < -0.39 is 7.43 Å². The quantitative estimate of drug-likeness (QED) is 0.502. The van der Waals surface area contributed by atoms with Crippen LogP contribution >= 0.6 is 0 Å². The molecule has 0 bridgehead atoms. The minimum atomic E-state index is -2.00. The predicted molar refractivity (Wildman–Crippen MR) is 30.6 cm³/mol. The zero-order valence-corrected chi connectivity index (χ0v) is 5.12. The molecule has 0 saturated carbocycles. The molecule has 4 heteroatoms. The van der Waals surface area contributed by atoms with Gasteiger partial charge < -0.3 is 4.55 Å². The molecule has 0 aromatic carbocycles. The van der Waals surface area contributed by atoms with Crippen molar-refractivity contribution in [3.8, 4) is 0 Å². The Morgan fingerprint density at radius 3 is 1.60 bits per heavy atom. The van der Waals surface area contributed by atoms with Gasteiger partial charge in [0.25, 0.3) is 0 Å². The first-order valence-electron chi connectivity index (χ1n) is 0.924. The first-order valence-corrected chi connectivity index (χ1v) is 4.77. The second kappa shape index (κ2) is 1.47. The van der Waals surface area contributed by atoms with Crippen LogP contribution in [0.4, 0.5) is 0 Å². The van der Waals surface area contributed by atoms with Gasteiger partial charge in [0.15, 0.2) is 0 Å². The van der Waals surface area contributed by atoms with Crippen molar-refractivity contribution in [1.82, 2.24) is 0 Å². The van der Waals surface area contributed by atoms with Crippen molar-refractivity contribution in [1.29, 1.82) is 0 Å². The second-order valence-corrected chi connectivity index (χ2v) is 6.73. The third-order valence-corrected chi connectivity index (χ3v) is 0. The number of hydrogen-bond donors (Lipinski definition) is 1. The molecule has 0 aromatic heterocycles. The summed E-state index contributed by atoms with van der Waals surface area (Å²) in [6.07, 6.45) is 1.46. The molecule has 0 saturated heterocycles. The standard InChI is InChI=1S/CH4OS3/c1-5(2,3)4/h1H3,(H,2,3,4). The molecule has 0 heterocycles. The third-order valence-electron chi connectivity index (χ3n) is 0. The minimum Gasteiger partial charge on any atom is -0.325 e. The Morgan fingerprint density at radius 2 is 1.60 bits per heavy atom. The van der Waals surface area contributed by atoms with Crippen molar-refractivity contribution >= 4 is 29.8 Å². The van der Waals surface area contributed by atoms with Crippen LogP contribution in [0.15, 0.2) is 0 Å². The first-order chi connectivity index (χ1) is 2.00. The molecule has 0 unspecified atom stereocenters.